The van der Waals surface area contributed by atoms with Crippen LogP contribution in [0.1, 0.15) is 106 Å². The van der Waals surface area contributed by atoms with Crippen LogP contribution in [-0.4, -0.2) is 67.0 Å². The number of carbonyl (C=O) groups is 4. The monoisotopic (exact) mass is 768 g/mol. The minimum absolute atomic E-state index is 0.0169. The van der Waals surface area contributed by atoms with Crippen molar-refractivity contribution in [3.05, 3.63) is 0 Å². The van der Waals surface area contributed by atoms with Gasteiger partial charge in [0.25, 0.3) is 0 Å². The fourth-order valence-corrected chi connectivity index (χ4v) is 10.5. The first kappa shape index (κ1) is 33.8. The molecule has 0 aliphatic heterocycles. The molecular formula is C32H48O9Os. The quantitative estimate of drug-likeness (QED) is 0.290. The van der Waals surface area contributed by atoms with E-state index in [1.807, 2.05) is 13.8 Å². The molecule has 6 aliphatic rings. The Bertz CT molecular complexity index is 1080. The Morgan fingerprint density at radius 2 is 0.786 bits per heavy atom. The molecule has 9 nitrogen and oxygen atoms in total. The molecule has 4 N–H and O–H groups in total. The van der Waals surface area contributed by atoms with Crippen LogP contribution in [0.3, 0.4) is 0 Å². The molecule has 0 saturated heterocycles. The van der Waals surface area contributed by atoms with Gasteiger partial charge in [0.05, 0.1) is 23.0 Å². The molecule has 6 unspecified atom stereocenters. The Morgan fingerprint density at radius 3 is 1.10 bits per heavy atom. The number of ketones is 4. The van der Waals surface area contributed by atoms with Crippen molar-refractivity contribution < 1.29 is 61.7 Å². The predicted octanol–water partition coefficient (Wildman–Crippen LogP) is 2.82. The van der Waals surface area contributed by atoms with Gasteiger partial charge in [0.1, 0.15) is 34.3 Å². The van der Waals surface area contributed by atoms with Crippen LogP contribution >= 0.6 is 0 Å². The first-order valence-electron chi connectivity index (χ1n) is 15.4. The number of carbonyl (C=O) groups excluding carboxylic acids is 4. The predicted molar refractivity (Wildman–Crippen MR) is 147 cm³/mol. The molecule has 0 bridgehead atoms. The molecule has 6 saturated carbocycles. The van der Waals surface area contributed by atoms with Crippen molar-refractivity contribution in [3.63, 3.8) is 0 Å². The maximum atomic E-state index is 12.2. The van der Waals surface area contributed by atoms with Gasteiger partial charge in [0.2, 0.25) is 0 Å². The van der Waals surface area contributed by atoms with Crippen molar-refractivity contribution in [1.29, 1.82) is 0 Å². The van der Waals surface area contributed by atoms with Gasteiger partial charge in [-0.3, -0.25) is 19.2 Å². The second-order valence-corrected chi connectivity index (χ2v) is 15.4. The number of aliphatic hydroxyl groups is 4. The molecule has 6 fully saturated rings. The summed E-state index contributed by atoms with van der Waals surface area (Å²) in [6.45, 7) is 10.8. The first-order chi connectivity index (χ1) is 19.3. The number of rotatable bonds is 0. The molecule has 238 valence electrons. The summed E-state index contributed by atoms with van der Waals surface area (Å²) in [5, 5.41) is 43.6. The molecule has 10 heteroatoms. The first-order valence-corrected chi connectivity index (χ1v) is 16.4. The Hall–Kier alpha value is -1.04. The van der Waals surface area contributed by atoms with Crippen LogP contribution in [0.2, 0.25) is 0 Å². The molecule has 6 aliphatic carbocycles. The second-order valence-electron chi connectivity index (χ2n) is 15.4. The van der Waals surface area contributed by atoms with Crippen molar-refractivity contribution in [2.24, 2.45) is 45.3 Å². The van der Waals surface area contributed by atoms with Crippen molar-refractivity contribution in [2.75, 3.05) is 0 Å². The summed E-state index contributed by atoms with van der Waals surface area (Å²) < 4.78 is 8.28. The van der Waals surface area contributed by atoms with Crippen molar-refractivity contribution >= 4 is 23.1 Å². The maximum absolute atomic E-state index is 12.2. The van der Waals surface area contributed by atoms with Crippen LogP contribution in [0.15, 0.2) is 0 Å². The van der Waals surface area contributed by atoms with Gasteiger partial charge in [-0.15, -0.1) is 0 Å². The van der Waals surface area contributed by atoms with Crippen LogP contribution in [0.25, 0.3) is 0 Å². The summed E-state index contributed by atoms with van der Waals surface area (Å²) in [6.07, 6.45) is 3.22. The van der Waals surface area contributed by atoms with Gasteiger partial charge in [0.15, 0.2) is 0 Å². The number of fused-ring (bicyclic) bond motifs is 6. The molecule has 0 aromatic heterocycles. The van der Waals surface area contributed by atoms with E-state index in [0.29, 0.717) is 57.1 Å². The molecule has 0 radical (unpaired) electrons. The third kappa shape index (κ3) is 4.25. The molecule has 10 atom stereocenters. The number of hydrogen-bond acceptors (Lipinski definition) is 9. The van der Waals surface area contributed by atoms with Gasteiger partial charge in [0, 0.05) is 36.5 Å². The molecule has 0 aromatic rings. The Morgan fingerprint density at radius 1 is 0.524 bits per heavy atom. The molecule has 42 heavy (non-hydrogen) atoms. The van der Waals surface area contributed by atoms with Crippen molar-refractivity contribution in [1.82, 2.24) is 0 Å². The molecule has 0 spiro atoms. The van der Waals surface area contributed by atoms with E-state index >= 15 is 0 Å². The van der Waals surface area contributed by atoms with Crippen LogP contribution < -0.4 is 0 Å². The van der Waals surface area contributed by atoms with Crippen molar-refractivity contribution in [2.45, 2.75) is 129 Å². The minimum atomic E-state index is -1.39. The van der Waals surface area contributed by atoms with Crippen LogP contribution in [-0.2, 0) is 41.3 Å². The standard InChI is InChI=1S/2C16H24O4.O.Os/c2*1-14(2)11(17)6-5-10-9-4-7-12(18)15(9,3)8-13(19)16(10,14)20;;/h2*9-10,13,19-20H,4-8H2,1-3H3;;/t2*9-,10?,13?,15+,16?;;/m11../s1. The summed E-state index contributed by atoms with van der Waals surface area (Å²) in [5.74, 6) is 0.320. The SMILES string of the molecule is CC1(C)C(=O)CCC2[C@H]3CCC(=O)[C@@]3(C)CC(O)C21O.CC1(C)C(=O)CCC2[C@H]3CCC(=O)[C@@]3(C)CC(O)C21O.[O]=[Os]. The molecule has 0 amide bonds. The third-order valence-corrected chi connectivity index (χ3v) is 13.4. The number of Topliss-reactive ketones (excluding diaryl/α,β-unsaturated/α-hetero) is 4. The Kier molecular flexibility index (Phi) is 8.70. The molecule has 0 aromatic carbocycles. The normalized spacial score (nSPS) is 48.5. The van der Waals surface area contributed by atoms with Gasteiger partial charge < -0.3 is 20.4 Å². The van der Waals surface area contributed by atoms with Gasteiger partial charge in [-0.1, -0.05) is 41.5 Å². The topological polar surface area (TPSA) is 166 Å². The van der Waals surface area contributed by atoms with Gasteiger partial charge in [-0.25, -0.2) is 0 Å². The van der Waals surface area contributed by atoms with E-state index in [1.54, 1.807) is 27.7 Å². The number of aliphatic hydroxyl groups excluding tert-OH is 2. The van der Waals surface area contributed by atoms with E-state index in [2.05, 4.69) is 0 Å². The Balaban J connectivity index is 0.000000182. The van der Waals surface area contributed by atoms with E-state index in [9.17, 15) is 39.6 Å². The summed E-state index contributed by atoms with van der Waals surface area (Å²) in [4.78, 5) is 48.9. The van der Waals surface area contributed by atoms with E-state index in [-0.39, 0.29) is 59.6 Å². The third-order valence-electron chi connectivity index (χ3n) is 13.4. The number of hydrogen-bond donors (Lipinski definition) is 4. The van der Waals surface area contributed by atoms with Gasteiger partial charge in [-0.05, 0) is 62.2 Å². The van der Waals surface area contributed by atoms with Crippen LogP contribution in [0, 0.1) is 45.3 Å². The zero-order chi connectivity index (χ0) is 31.8. The van der Waals surface area contributed by atoms with Gasteiger partial charge >= 0.3 is 22.1 Å². The van der Waals surface area contributed by atoms with Crippen LogP contribution in [0.4, 0.5) is 0 Å². The Labute approximate surface area is 258 Å². The van der Waals surface area contributed by atoms with Gasteiger partial charge in [-0.2, -0.15) is 0 Å². The zero-order valence-electron chi connectivity index (χ0n) is 25.7. The zero-order valence-corrected chi connectivity index (χ0v) is 28.3. The fraction of sp³-hybridized carbons (Fsp3) is 0.875. The summed E-state index contributed by atoms with van der Waals surface area (Å²) in [7, 11) is 0. The summed E-state index contributed by atoms with van der Waals surface area (Å²) >= 11 is 0.611. The summed E-state index contributed by atoms with van der Waals surface area (Å²) in [5.41, 5.74) is -5.71. The molecule has 6 rings (SSSR count). The van der Waals surface area contributed by atoms with E-state index in [0.717, 1.165) is 12.8 Å². The average molecular weight is 767 g/mol. The van der Waals surface area contributed by atoms with Crippen LogP contribution in [0.5, 0.6) is 0 Å². The van der Waals surface area contributed by atoms with E-state index in [4.69, 9.17) is 3.54 Å². The molecular weight excluding hydrogens is 719 g/mol. The molecule has 0 heterocycles. The van der Waals surface area contributed by atoms with E-state index in [1.165, 1.54) is 0 Å². The second kappa shape index (κ2) is 10.8. The summed E-state index contributed by atoms with van der Waals surface area (Å²) in [6, 6.07) is 0. The fourth-order valence-electron chi connectivity index (χ4n) is 10.5. The average Bonchev–Trinajstić information content (AvgIpc) is 3.38. The van der Waals surface area contributed by atoms with Crippen molar-refractivity contribution in [3.8, 4) is 0 Å². The van der Waals surface area contributed by atoms with E-state index < -0.39 is 45.1 Å².